The molecule has 1 heterocycles. The number of hydrogen-bond acceptors (Lipinski definition) is 2. The number of nitrogens with zero attached hydrogens (tertiary/aromatic N) is 1. The summed E-state index contributed by atoms with van der Waals surface area (Å²) in [5.41, 5.74) is 0.158. The Kier molecular flexibility index (Phi) is 5.89. The highest BCUT2D eigenvalue weighted by Gasteiger charge is 2.27. The third-order valence-electron chi connectivity index (χ3n) is 5.48. The van der Waals surface area contributed by atoms with Crippen LogP contribution in [-0.4, -0.2) is 41.3 Å². The molecule has 0 aromatic heterocycles. The van der Waals surface area contributed by atoms with Crippen molar-refractivity contribution < 1.29 is 18.7 Å². The molecule has 2 N–H and O–H groups in total. The smallest absolute Gasteiger partial charge is 0.317 e. The lowest BCUT2D eigenvalue weighted by molar-refractivity contribution is 0.113. The number of amides is 2. The quantitative estimate of drug-likeness (QED) is 0.877. The Hall–Kier alpha value is -1.69. The molecule has 0 atom stereocenters. The van der Waals surface area contributed by atoms with Gasteiger partial charge in [-0.2, -0.15) is 0 Å². The maximum Gasteiger partial charge on any atom is 0.317 e. The van der Waals surface area contributed by atoms with Gasteiger partial charge in [-0.3, -0.25) is 0 Å². The van der Waals surface area contributed by atoms with Gasteiger partial charge in [0.25, 0.3) is 0 Å². The van der Waals surface area contributed by atoms with Crippen molar-refractivity contribution in [1.82, 2.24) is 10.2 Å². The van der Waals surface area contributed by atoms with Gasteiger partial charge in [0.2, 0.25) is 0 Å². The van der Waals surface area contributed by atoms with Crippen LogP contribution in [0.1, 0.15) is 44.1 Å². The molecule has 2 aliphatic rings. The lowest BCUT2D eigenvalue weighted by Gasteiger charge is -2.34. The minimum atomic E-state index is -0.486. The largest absolute Gasteiger partial charge is 0.393 e. The first-order valence-corrected chi connectivity index (χ1v) is 9.19. The van der Waals surface area contributed by atoms with Gasteiger partial charge in [-0.25, -0.2) is 13.6 Å². The van der Waals surface area contributed by atoms with E-state index in [2.05, 4.69) is 5.32 Å². The monoisotopic (exact) mass is 352 g/mol. The van der Waals surface area contributed by atoms with E-state index in [9.17, 15) is 18.7 Å². The van der Waals surface area contributed by atoms with Gasteiger partial charge in [-0.15, -0.1) is 0 Å². The summed E-state index contributed by atoms with van der Waals surface area (Å²) >= 11 is 0. The molecule has 25 heavy (non-hydrogen) atoms. The second-order valence-corrected chi connectivity index (χ2v) is 7.29. The maximum atomic E-state index is 13.8. The van der Waals surface area contributed by atoms with Crippen molar-refractivity contribution in [3.05, 3.63) is 35.4 Å². The fourth-order valence-corrected chi connectivity index (χ4v) is 3.84. The van der Waals surface area contributed by atoms with Crippen LogP contribution < -0.4 is 5.32 Å². The van der Waals surface area contributed by atoms with Crippen molar-refractivity contribution in [3.63, 3.8) is 0 Å². The Morgan fingerprint density at radius 2 is 1.68 bits per heavy atom. The molecule has 3 rings (SSSR count). The molecule has 1 aliphatic heterocycles. The van der Waals surface area contributed by atoms with Gasteiger partial charge in [-0.1, -0.05) is 6.07 Å². The van der Waals surface area contributed by atoms with Crippen LogP contribution in [0, 0.1) is 17.6 Å². The van der Waals surface area contributed by atoms with Crippen LogP contribution in [0.25, 0.3) is 0 Å². The molecule has 1 saturated heterocycles. The van der Waals surface area contributed by atoms with E-state index < -0.39 is 11.6 Å². The highest BCUT2D eigenvalue weighted by molar-refractivity contribution is 5.74. The van der Waals surface area contributed by atoms with Crippen LogP contribution in [0.15, 0.2) is 18.2 Å². The van der Waals surface area contributed by atoms with Gasteiger partial charge in [-0.05, 0) is 63.0 Å². The number of rotatable bonds is 3. The third kappa shape index (κ3) is 4.69. The number of piperidine rings is 1. The van der Waals surface area contributed by atoms with E-state index in [1.54, 1.807) is 4.90 Å². The van der Waals surface area contributed by atoms with E-state index >= 15 is 0 Å². The molecular weight excluding hydrogens is 326 g/mol. The van der Waals surface area contributed by atoms with Gasteiger partial charge in [0.1, 0.15) is 11.6 Å². The molecule has 1 aromatic rings. The number of carbonyl (C=O) groups excluding carboxylic acids is 1. The summed E-state index contributed by atoms with van der Waals surface area (Å²) in [5.74, 6) is -0.778. The summed E-state index contributed by atoms with van der Waals surface area (Å²) in [5, 5.41) is 12.6. The highest BCUT2D eigenvalue weighted by Crippen LogP contribution is 2.25. The zero-order chi connectivity index (χ0) is 17.8. The summed E-state index contributed by atoms with van der Waals surface area (Å²) in [4.78, 5) is 14.1. The highest BCUT2D eigenvalue weighted by atomic mass is 19.1. The topological polar surface area (TPSA) is 52.6 Å². The van der Waals surface area contributed by atoms with Crippen molar-refractivity contribution in [2.45, 2.75) is 57.1 Å². The molecular formula is C19H26F2N2O2. The molecule has 1 aromatic carbocycles. The van der Waals surface area contributed by atoms with E-state index in [0.29, 0.717) is 19.5 Å². The van der Waals surface area contributed by atoms with Crippen molar-refractivity contribution in [1.29, 1.82) is 0 Å². The zero-order valence-corrected chi connectivity index (χ0v) is 14.4. The average molecular weight is 352 g/mol. The number of benzene rings is 1. The Bertz CT molecular complexity index is 575. The fourth-order valence-electron chi connectivity index (χ4n) is 3.84. The first-order valence-electron chi connectivity index (χ1n) is 9.19. The number of urea groups is 1. The Labute approximate surface area is 147 Å². The maximum absolute atomic E-state index is 13.8. The standard InChI is InChI=1S/C19H26F2N2O2/c20-17-2-1-3-18(21)16(17)12-13-8-10-23(11-9-13)19(25)22-14-4-6-15(24)7-5-14/h1-3,13-15,24H,4-12H2,(H,22,25). The van der Waals surface area contributed by atoms with Gasteiger partial charge in [0.05, 0.1) is 6.10 Å². The number of aliphatic hydroxyl groups is 1. The summed E-state index contributed by atoms with van der Waals surface area (Å²) < 4.78 is 27.5. The molecule has 0 bridgehead atoms. The number of halogens is 2. The molecule has 138 valence electrons. The lowest BCUT2D eigenvalue weighted by atomic mass is 9.89. The number of aliphatic hydroxyl groups excluding tert-OH is 1. The molecule has 1 aliphatic carbocycles. The molecule has 0 unspecified atom stereocenters. The first-order chi connectivity index (χ1) is 12.0. The molecule has 2 fully saturated rings. The van der Waals surface area contributed by atoms with Crippen molar-refractivity contribution in [3.8, 4) is 0 Å². The SMILES string of the molecule is O=C(NC1CCC(O)CC1)N1CCC(Cc2c(F)cccc2F)CC1. The van der Waals surface area contributed by atoms with Gasteiger partial charge in [0.15, 0.2) is 0 Å². The van der Waals surface area contributed by atoms with Crippen LogP contribution >= 0.6 is 0 Å². The molecule has 2 amide bonds. The minimum Gasteiger partial charge on any atom is -0.393 e. The van der Waals surface area contributed by atoms with Crippen LogP contribution in [0.4, 0.5) is 13.6 Å². The second kappa shape index (κ2) is 8.13. The van der Waals surface area contributed by atoms with Crippen LogP contribution in [-0.2, 0) is 6.42 Å². The lowest BCUT2D eigenvalue weighted by Crippen LogP contribution is -2.49. The summed E-state index contributed by atoms with van der Waals surface area (Å²) in [6.07, 6.45) is 4.76. The third-order valence-corrected chi connectivity index (χ3v) is 5.48. The normalized spacial score (nSPS) is 25.0. The van der Waals surface area contributed by atoms with E-state index in [0.717, 1.165) is 38.5 Å². The van der Waals surface area contributed by atoms with Crippen molar-refractivity contribution >= 4 is 6.03 Å². The minimum absolute atomic E-state index is 0.0584. The molecule has 0 radical (unpaired) electrons. The van der Waals surface area contributed by atoms with E-state index in [1.807, 2.05) is 0 Å². The Balaban J connectivity index is 1.46. The number of nitrogens with one attached hydrogen (secondary N) is 1. The molecule has 6 heteroatoms. The average Bonchev–Trinajstić information content (AvgIpc) is 2.61. The van der Waals surface area contributed by atoms with Crippen LogP contribution in [0.2, 0.25) is 0 Å². The fraction of sp³-hybridized carbons (Fsp3) is 0.632. The number of hydrogen-bond donors (Lipinski definition) is 2. The summed E-state index contributed by atoms with van der Waals surface area (Å²) in [6.45, 7) is 1.23. The van der Waals surface area contributed by atoms with Crippen molar-refractivity contribution in [2.24, 2.45) is 5.92 Å². The Morgan fingerprint density at radius 3 is 2.28 bits per heavy atom. The predicted octanol–water partition coefficient (Wildman–Crippen LogP) is 3.23. The van der Waals surface area contributed by atoms with Gasteiger partial charge < -0.3 is 15.3 Å². The van der Waals surface area contributed by atoms with Gasteiger partial charge >= 0.3 is 6.03 Å². The number of likely N-dealkylation sites (tertiary alicyclic amines) is 1. The Morgan fingerprint density at radius 1 is 1.08 bits per heavy atom. The van der Waals surface area contributed by atoms with Crippen LogP contribution in [0.3, 0.4) is 0 Å². The summed E-state index contributed by atoms with van der Waals surface area (Å²) in [6, 6.07) is 4.05. The van der Waals surface area contributed by atoms with Crippen molar-refractivity contribution in [2.75, 3.05) is 13.1 Å². The molecule has 0 spiro atoms. The molecule has 1 saturated carbocycles. The van der Waals surface area contributed by atoms with E-state index in [1.165, 1.54) is 18.2 Å². The van der Waals surface area contributed by atoms with Gasteiger partial charge in [0, 0.05) is 24.7 Å². The predicted molar refractivity (Wildman–Crippen MR) is 91.2 cm³/mol. The number of carbonyl (C=O) groups is 1. The zero-order valence-electron chi connectivity index (χ0n) is 14.4. The van der Waals surface area contributed by atoms with E-state index in [4.69, 9.17) is 0 Å². The molecule has 4 nitrogen and oxygen atoms in total. The van der Waals surface area contributed by atoms with E-state index in [-0.39, 0.29) is 29.7 Å². The first kappa shape index (κ1) is 18.1. The second-order valence-electron chi connectivity index (χ2n) is 7.29. The van der Waals surface area contributed by atoms with Crippen LogP contribution in [0.5, 0.6) is 0 Å². The summed E-state index contributed by atoms with van der Waals surface area (Å²) in [7, 11) is 0.